The number of pyridine rings is 1. The number of ether oxygens (including phenoxy) is 1. The fourth-order valence-corrected chi connectivity index (χ4v) is 4.16. The van der Waals surface area contributed by atoms with Gasteiger partial charge in [0, 0.05) is 24.6 Å². The summed E-state index contributed by atoms with van der Waals surface area (Å²) in [6, 6.07) is 13.6. The van der Waals surface area contributed by atoms with Crippen molar-refractivity contribution in [1.82, 2.24) is 24.8 Å². The molecule has 0 bridgehead atoms. The van der Waals surface area contributed by atoms with Crippen LogP contribution in [0, 0.1) is 17.2 Å². The van der Waals surface area contributed by atoms with Crippen molar-refractivity contribution < 1.29 is 9.53 Å². The van der Waals surface area contributed by atoms with Crippen molar-refractivity contribution in [2.24, 2.45) is 5.92 Å². The third-order valence-electron chi connectivity index (χ3n) is 6.02. The summed E-state index contributed by atoms with van der Waals surface area (Å²) in [6.45, 7) is 5.35. The Balaban J connectivity index is 1.29. The molecule has 1 amide bonds. The van der Waals surface area contributed by atoms with Crippen LogP contribution in [0.4, 0.5) is 5.69 Å². The second-order valence-electron chi connectivity index (χ2n) is 8.30. The fraction of sp³-hybridized carbons (Fsp3) is 0.360. The zero-order valence-electron chi connectivity index (χ0n) is 19.3. The number of nitrogens with one attached hydrogen (secondary N) is 1. The van der Waals surface area contributed by atoms with Crippen molar-refractivity contribution in [1.29, 1.82) is 5.26 Å². The average Bonchev–Trinajstić information content (AvgIpc) is 3.32. The third-order valence-corrected chi connectivity index (χ3v) is 6.02. The summed E-state index contributed by atoms with van der Waals surface area (Å²) < 4.78 is 7.50. The van der Waals surface area contributed by atoms with E-state index in [0.717, 1.165) is 44.0 Å². The molecule has 3 heterocycles. The van der Waals surface area contributed by atoms with Gasteiger partial charge in [0.25, 0.3) is 5.91 Å². The second kappa shape index (κ2) is 10.8. The number of hydrogen-bond donors (Lipinski definition) is 2. The number of nitrogens with zero attached hydrogens (tertiary/aromatic N) is 5. The number of piperidine rings is 1. The molecule has 0 spiro atoms. The van der Waals surface area contributed by atoms with Gasteiger partial charge < -0.3 is 20.4 Å². The number of hydrogen-bond acceptors (Lipinski definition) is 7. The molecule has 3 aromatic rings. The molecule has 1 aliphatic heterocycles. The van der Waals surface area contributed by atoms with E-state index in [2.05, 4.69) is 36.9 Å². The van der Waals surface area contributed by atoms with Gasteiger partial charge in [0.2, 0.25) is 5.88 Å². The van der Waals surface area contributed by atoms with Crippen LogP contribution in [-0.4, -0.2) is 51.6 Å². The number of anilines is 1. The lowest BCUT2D eigenvalue weighted by Crippen LogP contribution is -2.38. The van der Waals surface area contributed by atoms with E-state index in [4.69, 9.17) is 10.5 Å². The summed E-state index contributed by atoms with van der Waals surface area (Å²) >= 11 is 0. The number of aromatic nitrogens is 3. The van der Waals surface area contributed by atoms with E-state index in [9.17, 15) is 10.1 Å². The van der Waals surface area contributed by atoms with Crippen molar-refractivity contribution in [3.63, 3.8) is 0 Å². The lowest BCUT2D eigenvalue weighted by atomic mass is 9.96. The maximum absolute atomic E-state index is 12.7. The number of rotatable bonds is 8. The van der Waals surface area contributed by atoms with Crippen molar-refractivity contribution in [3.8, 4) is 17.6 Å². The Morgan fingerprint density at radius 3 is 2.76 bits per heavy atom. The predicted molar refractivity (Wildman–Crippen MR) is 128 cm³/mol. The predicted octanol–water partition coefficient (Wildman–Crippen LogP) is 2.76. The minimum Gasteiger partial charge on any atom is -0.477 e. The van der Waals surface area contributed by atoms with Crippen LogP contribution in [-0.2, 0) is 6.54 Å². The monoisotopic (exact) mass is 459 g/mol. The molecular weight excluding hydrogens is 430 g/mol. The van der Waals surface area contributed by atoms with Crippen LogP contribution in [0.3, 0.4) is 0 Å². The SMILES string of the molecule is CCOc1nc(C(=O)NCC2CCN(Cc3nccn3-c3ccccc3)CC2)cc(N)c1C#N. The molecule has 0 saturated carbocycles. The minimum atomic E-state index is -0.315. The van der Waals surface area contributed by atoms with Gasteiger partial charge in [-0.3, -0.25) is 9.69 Å². The minimum absolute atomic E-state index is 0.0947. The standard InChI is InChI=1S/C25H29N7O2/c1-2-34-25-20(15-26)21(27)14-22(30-25)24(33)29-16-18-8-11-31(12-9-18)17-23-28-10-13-32(23)19-6-4-3-5-7-19/h3-7,10,13-14,18H,2,8-9,11-12,16-17H2,1H3,(H2,27,30)(H,29,33). The molecule has 9 heteroatoms. The molecule has 1 fully saturated rings. The van der Waals surface area contributed by atoms with Gasteiger partial charge >= 0.3 is 0 Å². The zero-order chi connectivity index (χ0) is 23.9. The van der Waals surface area contributed by atoms with E-state index < -0.39 is 0 Å². The first kappa shape index (κ1) is 23.3. The third kappa shape index (κ3) is 5.35. The van der Waals surface area contributed by atoms with Gasteiger partial charge in [-0.1, -0.05) is 18.2 Å². The van der Waals surface area contributed by atoms with Crippen LogP contribution in [0.1, 0.15) is 41.6 Å². The van der Waals surface area contributed by atoms with E-state index in [1.807, 2.05) is 36.7 Å². The first-order valence-corrected chi connectivity index (χ1v) is 11.5. The number of likely N-dealkylation sites (tertiary alicyclic amines) is 1. The Kier molecular flexibility index (Phi) is 7.40. The second-order valence-corrected chi connectivity index (χ2v) is 8.30. The highest BCUT2D eigenvalue weighted by atomic mass is 16.5. The van der Waals surface area contributed by atoms with E-state index in [-0.39, 0.29) is 28.7 Å². The number of imidazole rings is 1. The summed E-state index contributed by atoms with van der Waals surface area (Å²) in [4.78, 5) is 23.8. The van der Waals surface area contributed by atoms with Gasteiger partial charge in [-0.15, -0.1) is 0 Å². The average molecular weight is 460 g/mol. The molecule has 3 N–H and O–H groups in total. The Labute approximate surface area is 199 Å². The molecule has 0 unspecified atom stereocenters. The normalized spacial score (nSPS) is 14.5. The van der Waals surface area contributed by atoms with Gasteiger partial charge in [0.15, 0.2) is 0 Å². The van der Waals surface area contributed by atoms with E-state index in [1.54, 1.807) is 6.92 Å². The molecule has 9 nitrogen and oxygen atoms in total. The molecule has 176 valence electrons. The van der Waals surface area contributed by atoms with Crippen LogP contribution < -0.4 is 15.8 Å². The number of nitrogen functional groups attached to an aromatic ring is 1. The van der Waals surface area contributed by atoms with Gasteiger partial charge in [-0.25, -0.2) is 9.97 Å². The molecule has 34 heavy (non-hydrogen) atoms. The molecule has 1 aliphatic rings. The van der Waals surface area contributed by atoms with Crippen LogP contribution in [0.15, 0.2) is 48.8 Å². The molecular formula is C25H29N7O2. The Bertz CT molecular complexity index is 1160. The van der Waals surface area contributed by atoms with Crippen LogP contribution in [0.25, 0.3) is 5.69 Å². The number of carbonyl (C=O) groups excluding carboxylic acids is 1. The highest BCUT2D eigenvalue weighted by Gasteiger charge is 2.22. The van der Waals surface area contributed by atoms with Crippen molar-refractivity contribution in [2.75, 3.05) is 32.0 Å². The summed E-state index contributed by atoms with van der Waals surface area (Å²) in [7, 11) is 0. The van der Waals surface area contributed by atoms with Gasteiger partial charge in [0.1, 0.15) is 23.2 Å². The highest BCUT2D eigenvalue weighted by molar-refractivity contribution is 5.93. The smallest absolute Gasteiger partial charge is 0.270 e. The number of benzene rings is 1. The molecule has 0 atom stereocenters. The summed E-state index contributed by atoms with van der Waals surface area (Å²) in [5, 5.41) is 12.2. The van der Waals surface area contributed by atoms with Crippen molar-refractivity contribution in [3.05, 3.63) is 65.9 Å². The van der Waals surface area contributed by atoms with Gasteiger partial charge in [-0.05, 0) is 57.0 Å². The van der Waals surface area contributed by atoms with Crippen LogP contribution in [0.2, 0.25) is 0 Å². The number of amides is 1. The van der Waals surface area contributed by atoms with Crippen LogP contribution >= 0.6 is 0 Å². The Morgan fingerprint density at radius 1 is 1.29 bits per heavy atom. The van der Waals surface area contributed by atoms with Gasteiger partial charge in [-0.2, -0.15) is 5.26 Å². The van der Waals surface area contributed by atoms with Crippen molar-refractivity contribution >= 4 is 11.6 Å². The summed E-state index contributed by atoms with van der Waals surface area (Å²) in [6.07, 6.45) is 5.80. The fourth-order valence-electron chi connectivity index (χ4n) is 4.16. The quantitative estimate of drug-likeness (QED) is 0.531. The molecule has 0 aliphatic carbocycles. The maximum atomic E-state index is 12.7. The first-order chi connectivity index (χ1) is 16.6. The molecule has 2 aromatic heterocycles. The lowest BCUT2D eigenvalue weighted by Gasteiger charge is -2.31. The Hall–Kier alpha value is -3.90. The largest absolute Gasteiger partial charge is 0.477 e. The zero-order valence-corrected chi connectivity index (χ0v) is 19.3. The number of nitriles is 1. The first-order valence-electron chi connectivity index (χ1n) is 11.5. The summed E-state index contributed by atoms with van der Waals surface area (Å²) in [5.74, 6) is 1.19. The molecule has 1 saturated heterocycles. The molecule has 4 rings (SSSR count). The molecule has 0 radical (unpaired) electrons. The maximum Gasteiger partial charge on any atom is 0.270 e. The number of carbonyl (C=O) groups is 1. The number of para-hydroxylation sites is 1. The van der Waals surface area contributed by atoms with E-state index in [0.29, 0.717) is 19.1 Å². The topological polar surface area (TPSA) is 122 Å². The van der Waals surface area contributed by atoms with Crippen molar-refractivity contribution in [2.45, 2.75) is 26.3 Å². The van der Waals surface area contributed by atoms with Gasteiger partial charge in [0.05, 0.1) is 18.8 Å². The van der Waals surface area contributed by atoms with E-state index >= 15 is 0 Å². The highest BCUT2D eigenvalue weighted by Crippen LogP contribution is 2.23. The molecule has 1 aromatic carbocycles. The summed E-state index contributed by atoms with van der Waals surface area (Å²) in [5.41, 5.74) is 7.53. The lowest BCUT2D eigenvalue weighted by molar-refractivity contribution is 0.0928. The number of nitrogens with two attached hydrogens (primary N) is 1. The van der Waals surface area contributed by atoms with E-state index in [1.165, 1.54) is 6.07 Å². The van der Waals surface area contributed by atoms with Crippen LogP contribution in [0.5, 0.6) is 5.88 Å². The Morgan fingerprint density at radius 2 is 2.06 bits per heavy atom.